The summed E-state index contributed by atoms with van der Waals surface area (Å²) in [5, 5.41) is 0. The van der Waals surface area contributed by atoms with Gasteiger partial charge in [0.2, 0.25) is 0 Å². The van der Waals surface area contributed by atoms with E-state index >= 15 is 0 Å². The number of rotatable bonds is 7. The molecule has 2 aliphatic rings. The minimum atomic E-state index is 0.855. The van der Waals surface area contributed by atoms with E-state index in [-0.39, 0.29) is 0 Å². The van der Waals surface area contributed by atoms with Crippen molar-refractivity contribution in [2.45, 2.75) is 113 Å². The third-order valence-corrected chi connectivity index (χ3v) is 8.96. The van der Waals surface area contributed by atoms with Crippen molar-refractivity contribution in [1.29, 1.82) is 0 Å². The fraction of sp³-hybridized carbons (Fsp3) is 1.00. The molecule has 0 saturated heterocycles. The summed E-state index contributed by atoms with van der Waals surface area (Å²) >= 11 is 0. The van der Waals surface area contributed by atoms with Crippen LogP contribution in [-0.2, 0) is 0 Å². The first-order chi connectivity index (χ1) is 12.7. The topological polar surface area (TPSA) is 0 Å². The zero-order chi connectivity index (χ0) is 20.1. The highest BCUT2D eigenvalue weighted by Crippen LogP contribution is 2.45. The van der Waals surface area contributed by atoms with E-state index in [9.17, 15) is 0 Å². The Morgan fingerprint density at radius 1 is 0.704 bits per heavy atom. The lowest BCUT2D eigenvalue weighted by Crippen LogP contribution is -2.26. The van der Waals surface area contributed by atoms with Crippen molar-refractivity contribution in [3.05, 3.63) is 0 Å². The molecule has 0 bridgehead atoms. The molecular formula is C27H52. The van der Waals surface area contributed by atoms with Crippen LogP contribution in [0.3, 0.4) is 0 Å². The average Bonchev–Trinajstić information content (AvgIpc) is 2.89. The van der Waals surface area contributed by atoms with Crippen LogP contribution >= 0.6 is 0 Å². The summed E-state index contributed by atoms with van der Waals surface area (Å²) in [6, 6.07) is 0. The van der Waals surface area contributed by atoms with Crippen LogP contribution in [0.4, 0.5) is 0 Å². The predicted molar refractivity (Wildman–Crippen MR) is 122 cm³/mol. The average molecular weight is 377 g/mol. The van der Waals surface area contributed by atoms with Crippen molar-refractivity contribution >= 4 is 0 Å². The molecule has 0 radical (unpaired) electrons. The van der Waals surface area contributed by atoms with Crippen LogP contribution in [0.15, 0.2) is 0 Å². The minimum Gasteiger partial charge on any atom is -0.0625 e. The van der Waals surface area contributed by atoms with Gasteiger partial charge < -0.3 is 0 Å². The molecule has 0 amide bonds. The molecule has 2 saturated carbocycles. The lowest BCUT2D eigenvalue weighted by atomic mass is 9.70. The monoisotopic (exact) mass is 376 g/mol. The van der Waals surface area contributed by atoms with Gasteiger partial charge in [0.25, 0.3) is 0 Å². The Bertz CT molecular complexity index is 410. The summed E-state index contributed by atoms with van der Waals surface area (Å²) in [5.41, 5.74) is 0. The number of hydrogen-bond acceptors (Lipinski definition) is 0. The van der Waals surface area contributed by atoms with E-state index in [0.29, 0.717) is 0 Å². The molecule has 2 rings (SSSR count). The molecule has 2 fully saturated rings. The van der Waals surface area contributed by atoms with E-state index in [4.69, 9.17) is 0 Å². The van der Waals surface area contributed by atoms with E-state index in [1.807, 2.05) is 0 Å². The van der Waals surface area contributed by atoms with Crippen molar-refractivity contribution in [1.82, 2.24) is 0 Å². The molecule has 0 aromatic heterocycles. The predicted octanol–water partition coefficient (Wildman–Crippen LogP) is 8.85. The first-order valence-electron chi connectivity index (χ1n) is 12.7. The van der Waals surface area contributed by atoms with Crippen LogP contribution in [0.5, 0.6) is 0 Å². The highest BCUT2D eigenvalue weighted by Gasteiger charge is 2.36. The molecule has 0 aromatic carbocycles. The highest BCUT2D eigenvalue weighted by molar-refractivity contribution is 4.86. The van der Waals surface area contributed by atoms with Crippen molar-refractivity contribution in [2.24, 2.45) is 59.2 Å². The second kappa shape index (κ2) is 10.7. The van der Waals surface area contributed by atoms with Gasteiger partial charge in [-0.25, -0.2) is 0 Å². The largest absolute Gasteiger partial charge is 0.0625 e. The molecule has 0 aromatic rings. The molecule has 0 N–H and O–H groups in total. The van der Waals surface area contributed by atoms with Gasteiger partial charge in [-0.3, -0.25) is 0 Å². The Balaban J connectivity index is 1.89. The maximum Gasteiger partial charge on any atom is -0.0355 e. The molecule has 0 aliphatic heterocycles. The van der Waals surface area contributed by atoms with Gasteiger partial charge >= 0.3 is 0 Å². The van der Waals surface area contributed by atoms with E-state index in [1.165, 1.54) is 57.8 Å². The molecule has 0 heterocycles. The van der Waals surface area contributed by atoms with E-state index in [0.717, 1.165) is 59.2 Å². The maximum atomic E-state index is 2.59. The normalized spacial score (nSPS) is 39.0. The molecular weight excluding hydrogens is 324 g/mol. The Morgan fingerprint density at radius 3 is 1.96 bits per heavy atom. The fourth-order valence-corrected chi connectivity index (χ4v) is 7.17. The van der Waals surface area contributed by atoms with Gasteiger partial charge in [-0.1, -0.05) is 81.1 Å². The van der Waals surface area contributed by atoms with Gasteiger partial charge in [-0.2, -0.15) is 0 Å². The van der Waals surface area contributed by atoms with Gasteiger partial charge in [0.1, 0.15) is 0 Å². The molecule has 0 nitrogen and oxygen atoms in total. The van der Waals surface area contributed by atoms with Crippen molar-refractivity contribution in [3.63, 3.8) is 0 Å². The Labute approximate surface area is 172 Å². The summed E-state index contributed by atoms with van der Waals surface area (Å²) in [5.74, 6) is 9.39. The third kappa shape index (κ3) is 6.78. The number of hydrogen-bond donors (Lipinski definition) is 0. The van der Waals surface area contributed by atoms with Crippen LogP contribution in [0.2, 0.25) is 0 Å². The Morgan fingerprint density at radius 2 is 1.37 bits per heavy atom. The van der Waals surface area contributed by atoms with Gasteiger partial charge in [0.05, 0.1) is 0 Å². The standard InChI is InChI=1S/C27H52/c1-18(2)26(27-17-21(5)15-23(27)7)13-12-22(6)24(8)25-11-9-10-19(3)14-20(4)16-25/h18-27H,9-17H2,1-8H3. The molecule has 9 atom stereocenters. The third-order valence-electron chi connectivity index (χ3n) is 8.96. The smallest absolute Gasteiger partial charge is 0.0355 e. The summed E-state index contributed by atoms with van der Waals surface area (Å²) < 4.78 is 0. The van der Waals surface area contributed by atoms with Crippen LogP contribution < -0.4 is 0 Å². The first-order valence-corrected chi connectivity index (χ1v) is 12.7. The zero-order valence-electron chi connectivity index (χ0n) is 20.1. The summed E-state index contributed by atoms with van der Waals surface area (Å²) in [4.78, 5) is 0. The highest BCUT2D eigenvalue weighted by atomic mass is 14.4. The van der Waals surface area contributed by atoms with Gasteiger partial charge in [-0.05, 0) is 91.3 Å². The van der Waals surface area contributed by atoms with E-state index < -0.39 is 0 Å². The molecule has 0 heteroatoms. The summed E-state index contributed by atoms with van der Waals surface area (Å²) in [6.45, 7) is 20.2. The Kier molecular flexibility index (Phi) is 9.21. The van der Waals surface area contributed by atoms with Crippen molar-refractivity contribution in [3.8, 4) is 0 Å². The Hall–Kier alpha value is 0. The maximum absolute atomic E-state index is 2.59. The molecule has 9 unspecified atom stereocenters. The minimum absolute atomic E-state index is 0.855. The van der Waals surface area contributed by atoms with Crippen LogP contribution in [0.1, 0.15) is 113 Å². The quantitative estimate of drug-likeness (QED) is 0.416. The second-order valence-electron chi connectivity index (χ2n) is 11.9. The van der Waals surface area contributed by atoms with Gasteiger partial charge in [-0.15, -0.1) is 0 Å². The molecule has 0 spiro atoms. The fourth-order valence-electron chi connectivity index (χ4n) is 7.17. The lowest BCUT2D eigenvalue weighted by molar-refractivity contribution is 0.145. The summed E-state index contributed by atoms with van der Waals surface area (Å²) in [6.07, 6.45) is 13.3. The van der Waals surface area contributed by atoms with Crippen molar-refractivity contribution < 1.29 is 0 Å². The molecule has 160 valence electrons. The van der Waals surface area contributed by atoms with Crippen LogP contribution in [-0.4, -0.2) is 0 Å². The lowest BCUT2D eigenvalue weighted by Gasteiger charge is -2.36. The van der Waals surface area contributed by atoms with Crippen LogP contribution in [0.25, 0.3) is 0 Å². The van der Waals surface area contributed by atoms with Gasteiger partial charge in [0.15, 0.2) is 0 Å². The molecule has 2 aliphatic carbocycles. The zero-order valence-corrected chi connectivity index (χ0v) is 20.1. The first kappa shape index (κ1) is 23.3. The van der Waals surface area contributed by atoms with E-state index in [1.54, 1.807) is 0 Å². The van der Waals surface area contributed by atoms with Crippen molar-refractivity contribution in [2.75, 3.05) is 0 Å². The second-order valence-corrected chi connectivity index (χ2v) is 11.9. The van der Waals surface area contributed by atoms with E-state index in [2.05, 4.69) is 55.4 Å². The van der Waals surface area contributed by atoms with Crippen LogP contribution in [0, 0.1) is 59.2 Å². The molecule has 27 heavy (non-hydrogen) atoms. The summed E-state index contributed by atoms with van der Waals surface area (Å²) in [7, 11) is 0. The van der Waals surface area contributed by atoms with Gasteiger partial charge in [0, 0.05) is 0 Å². The SMILES string of the molecule is CC1CCCC(C(C)C(C)CCC(C(C)C)C2CC(C)CC2C)CC(C)C1.